The van der Waals surface area contributed by atoms with Crippen LogP contribution in [-0.2, 0) is 9.59 Å². The van der Waals surface area contributed by atoms with E-state index in [9.17, 15) is 9.59 Å². The van der Waals surface area contributed by atoms with Crippen LogP contribution in [0, 0.1) is 13.8 Å². The molecule has 2 heterocycles. The van der Waals surface area contributed by atoms with E-state index in [0.717, 1.165) is 50.1 Å². The minimum Gasteiger partial charge on any atom is -0.493 e. The van der Waals surface area contributed by atoms with Crippen LogP contribution in [0.25, 0.3) is 0 Å². The Morgan fingerprint density at radius 1 is 0.786 bits per heavy atom. The van der Waals surface area contributed by atoms with Gasteiger partial charge < -0.3 is 19.1 Å². The van der Waals surface area contributed by atoms with Gasteiger partial charge in [0.1, 0.15) is 24.1 Å². The maximum Gasteiger partial charge on any atom is 0.123 e. The Balaban J connectivity index is 0.000000161. The molecule has 0 aliphatic carbocycles. The average Bonchev–Trinajstić information content (AvgIpc) is 2.69. The van der Waals surface area contributed by atoms with E-state index >= 15 is 0 Å². The zero-order chi connectivity index (χ0) is 19.9. The van der Waals surface area contributed by atoms with Gasteiger partial charge in [-0.25, -0.2) is 0 Å². The van der Waals surface area contributed by atoms with Gasteiger partial charge in [-0.05, 0) is 67.3 Å². The van der Waals surface area contributed by atoms with Crippen molar-refractivity contribution in [2.75, 3.05) is 13.2 Å². The number of ether oxygens (including phenoxy) is 2. The predicted molar refractivity (Wildman–Crippen MR) is 109 cm³/mol. The van der Waals surface area contributed by atoms with Crippen LogP contribution in [0.5, 0.6) is 11.5 Å². The van der Waals surface area contributed by atoms with Crippen molar-refractivity contribution in [3.8, 4) is 11.5 Å². The SMILES string of the molecule is Cc1ccc2c(c1)C(CC=O)CCO2.Cc1ccc2c(c1)OCCC2CC=O. The second kappa shape index (κ2) is 9.54. The van der Waals surface area contributed by atoms with Gasteiger partial charge >= 0.3 is 0 Å². The Labute approximate surface area is 166 Å². The Kier molecular flexibility index (Phi) is 6.85. The fourth-order valence-electron chi connectivity index (χ4n) is 3.88. The van der Waals surface area contributed by atoms with Crippen LogP contribution < -0.4 is 9.47 Å². The molecule has 0 amide bonds. The Hall–Kier alpha value is -2.62. The smallest absolute Gasteiger partial charge is 0.123 e. The van der Waals surface area contributed by atoms with Crippen molar-refractivity contribution in [3.63, 3.8) is 0 Å². The summed E-state index contributed by atoms with van der Waals surface area (Å²) in [5.41, 5.74) is 4.82. The van der Waals surface area contributed by atoms with E-state index in [4.69, 9.17) is 9.47 Å². The van der Waals surface area contributed by atoms with Gasteiger partial charge in [-0.3, -0.25) is 0 Å². The summed E-state index contributed by atoms with van der Waals surface area (Å²) in [6.07, 6.45) is 5.13. The third kappa shape index (κ3) is 4.80. The predicted octanol–water partition coefficient (Wildman–Crippen LogP) is 4.90. The number of aryl methyl sites for hydroxylation is 2. The molecule has 0 radical (unpaired) electrons. The maximum atomic E-state index is 10.5. The molecule has 4 nitrogen and oxygen atoms in total. The lowest BCUT2D eigenvalue weighted by atomic mass is 9.90. The van der Waals surface area contributed by atoms with Crippen molar-refractivity contribution in [1.82, 2.24) is 0 Å². The molecule has 0 fully saturated rings. The number of rotatable bonds is 4. The lowest BCUT2D eigenvalue weighted by molar-refractivity contribution is -0.109. The quantitative estimate of drug-likeness (QED) is 0.708. The first-order valence-electron chi connectivity index (χ1n) is 9.96. The van der Waals surface area contributed by atoms with Crippen molar-refractivity contribution in [3.05, 3.63) is 58.7 Å². The summed E-state index contributed by atoms with van der Waals surface area (Å²) in [5, 5.41) is 0. The van der Waals surface area contributed by atoms with E-state index < -0.39 is 0 Å². The minimum absolute atomic E-state index is 0.358. The standard InChI is InChI=1S/2C12H14O2/c1-9-2-3-12-11(8-9)10(4-6-13)5-7-14-12;1-9-2-3-11-10(4-6-13)5-7-14-12(11)8-9/h2*2-3,6,8,10H,4-5,7H2,1H3. The molecule has 4 rings (SSSR count). The van der Waals surface area contributed by atoms with Crippen LogP contribution in [0.15, 0.2) is 36.4 Å². The fourth-order valence-corrected chi connectivity index (χ4v) is 3.88. The highest BCUT2D eigenvalue weighted by atomic mass is 16.5. The molecule has 2 aliphatic heterocycles. The number of carbonyl (C=O) groups is 2. The summed E-state index contributed by atoms with van der Waals surface area (Å²) < 4.78 is 11.1. The number of carbonyl (C=O) groups excluding carboxylic acids is 2. The van der Waals surface area contributed by atoms with Crippen molar-refractivity contribution >= 4 is 12.6 Å². The van der Waals surface area contributed by atoms with E-state index in [0.29, 0.717) is 24.7 Å². The molecule has 4 heteroatoms. The van der Waals surface area contributed by atoms with Crippen LogP contribution in [0.2, 0.25) is 0 Å². The minimum atomic E-state index is 0.358. The van der Waals surface area contributed by atoms with Gasteiger partial charge in [0.2, 0.25) is 0 Å². The first kappa shape index (κ1) is 20.1. The van der Waals surface area contributed by atoms with E-state index in [1.165, 1.54) is 22.3 Å². The molecule has 0 spiro atoms. The summed E-state index contributed by atoms with van der Waals surface area (Å²) >= 11 is 0. The van der Waals surface area contributed by atoms with Gasteiger partial charge in [-0.2, -0.15) is 0 Å². The Morgan fingerprint density at radius 2 is 1.36 bits per heavy atom. The molecule has 148 valence electrons. The molecule has 2 aliphatic rings. The lowest BCUT2D eigenvalue weighted by Crippen LogP contribution is -2.14. The summed E-state index contributed by atoms with van der Waals surface area (Å²) in [4.78, 5) is 21.0. The second-order valence-electron chi connectivity index (χ2n) is 7.56. The number of hydrogen-bond donors (Lipinski definition) is 0. The highest BCUT2D eigenvalue weighted by molar-refractivity contribution is 5.54. The summed E-state index contributed by atoms with van der Waals surface area (Å²) in [6, 6.07) is 12.4. The monoisotopic (exact) mass is 380 g/mol. The van der Waals surface area contributed by atoms with Crippen molar-refractivity contribution < 1.29 is 19.1 Å². The topological polar surface area (TPSA) is 52.6 Å². The molecule has 0 aromatic heterocycles. The number of hydrogen-bond acceptors (Lipinski definition) is 4. The molecule has 2 aromatic rings. The molecule has 2 aromatic carbocycles. The second-order valence-corrected chi connectivity index (χ2v) is 7.56. The average molecular weight is 380 g/mol. The van der Waals surface area contributed by atoms with Gasteiger partial charge in [-0.15, -0.1) is 0 Å². The third-order valence-electron chi connectivity index (χ3n) is 5.42. The normalized spacial score (nSPS) is 19.6. The van der Waals surface area contributed by atoms with Crippen LogP contribution in [0.1, 0.15) is 59.8 Å². The van der Waals surface area contributed by atoms with E-state index in [1.54, 1.807) is 0 Å². The fraction of sp³-hybridized carbons (Fsp3) is 0.417. The molecule has 0 N–H and O–H groups in total. The summed E-state index contributed by atoms with van der Waals surface area (Å²) in [5.74, 6) is 2.63. The number of benzene rings is 2. The van der Waals surface area contributed by atoms with Crippen LogP contribution in [-0.4, -0.2) is 25.8 Å². The first-order chi connectivity index (χ1) is 13.6. The number of aldehydes is 2. The van der Waals surface area contributed by atoms with Crippen LogP contribution in [0.4, 0.5) is 0 Å². The molecule has 28 heavy (non-hydrogen) atoms. The molecule has 0 bridgehead atoms. The summed E-state index contributed by atoms with van der Waals surface area (Å²) in [7, 11) is 0. The van der Waals surface area contributed by atoms with Gasteiger partial charge in [0.25, 0.3) is 0 Å². The van der Waals surface area contributed by atoms with Gasteiger partial charge in [0.05, 0.1) is 13.2 Å². The molecular weight excluding hydrogens is 352 g/mol. The summed E-state index contributed by atoms with van der Waals surface area (Å²) in [6.45, 7) is 5.57. The Morgan fingerprint density at radius 3 is 2.04 bits per heavy atom. The van der Waals surface area contributed by atoms with Gasteiger partial charge in [0.15, 0.2) is 0 Å². The van der Waals surface area contributed by atoms with Crippen LogP contribution in [0.3, 0.4) is 0 Å². The van der Waals surface area contributed by atoms with Gasteiger partial charge in [0, 0.05) is 12.8 Å². The van der Waals surface area contributed by atoms with E-state index in [1.807, 2.05) is 25.1 Å². The molecule has 2 atom stereocenters. The van der Waals surface area contributed by atoms with Crippen molar-refractivity contribution in [2.45, 2.75) is 51.4 Å². The highest BCUT2D eigenvalue weighted by Gasteiger charge is 2.21. The zero-order valence-corrected chi connectivity index (χ0v) is 16.6. The third-order valence-corrected chi connectivity index (χ3v) is 5.42. The maximum absolute atomic E-state index is 10.5. The van der Waals surface area contributed by atoms with Crippen molar-refractivity contribution in [2.24, 2.45) is 0 Å². The first-order valence-corrected chi connectivity index (χ1v) is 9.96. The van der Waals surface area contributed by atoms with Gasteiger partial charge in [-0.1, -0.05) is 29.8 Å². The van der Waals surface area contributed by atoms with E-state index in [-0.39, 0.29) is 0 Å². The molecule has 0 saturated carbocycles. The highest BCUT2D eigenvalue weighted by Crippen LogP contribution is 2.36. The van der Waals surface area contributed by atoms with Crippen LogP contribution >= 0.6 is 0 Å². The number of fused-ring (bicyclic) bond motifs is 2. The van der Waals surface area contributed by atoms with Crippen molar-refractivity contribution in [1.29, 1.82) is 0 Å². The lowest BCUT2D eigenvalue weighted by Gasteiger charge is -2.24. The molecule has 0 saturated heterocycles. The largest absolute Gasteiger partial charge is 0.493 e. The van der Waals surface area contributed by atoms with E-state index in [2.05, 4.69) is 25.1 Å². The molecular formula is C24H28O4. The Bertz CT molecular complexity index is 827. The zero-order valence-electron chi connectivity index (χ0n) is 16.6. The molecule has 2 unspecified atom stereocenters.